The second-order valence-electron chi connectivity index (χ2n) is 4.35. The molecular formula is C14H16BrNS. The summed E-state index contributed by atoms with van der Waals surface area (Å²) in [6.45, 7) is 7.28. The van der Waals surface area contributed by atoms with Gasteiger partial charge in [0.2, 0.25) is 0 Å². The van der Waals surface area contributed by atoms with Crippen LogP contribution < -0.4 is 5.32 Å². The van der Waals surface area contributed by atoms with Crippen LogP contribution in [0.25, 0.3) is 0 Å². The van der Waals surface area contributed by atoms with E-state index in [1.165, 1.54) is 31.0 Å². The highest BCUT2D eigenvalue weighted by molar-refractivity contribution is 9.10. The monoisotopic (exact) mass is 309 g/mol. The predicted molar refractivity (Wildman–Crippen MR) is 80.0 cm³/mol. The number of rotatable bonds is 3. The molecule has 3 heteroatoms. The molecule has 0 bridgehead atoms. The van der Waals surface area contributed by atoms with Gasteiger partial charge >= 0.3 is 0 Å². The molecule has 17 heavy (non-hydrogen) atoms. The van der Waals surface area contributed by atoms with Gasteiger partial charge in [0.25, 0.3) is 0 Å². The molecular weight excluding hydrogens is 294 g/mol. The zero-order valence-corrected chi connectivity index (χ0v) is 12.7. The van der Waals surface area contributed by atoms with E-state index in [4.69, 9.17) is 0 Å². The minimum Gasteiger partial charge on any atom is -0.380 e. The average Bonchev–Trinajstić information content (AvgIpc) is 2.54. The summed E-state index contributed by atoms with van der Waals surface area (Å²) in [5, 5.41) is 3.47. The highest BCUT2D eigenvalue weighted by Crippen LogP contribution is 2.27. The van der Waals surface area contributed by atoms with Crippen molar-refractivity contribution < 1.29 is 0 Å². The van der Waals surface area contributed by atoms with E-state index in [9.17, 15) is 0 Å². The van der Waals surface area contributed by atoms with Crippen LogP contribution in [0.4, 0.5) is 5.69 Å². The molecule has 0 saturated carbocycles. The SMILES string of the molecule is Cc1cc(C)cc(NCc2cc(Br)c(C)s2)c1. The van der Waals surface area contributed by atoms with Gasteiger partial charge in [0.05, 0.1) is 0 Å². The van der Waals surface area contributed by atoms with Gasteiger partial charge in [0, 0.05) is 26.5 Å². The van der Waals surface area contributed by atoms with E-state index in [1.807, 2.05) is 11.3 Å². The van der Waals surface area contributed by atoms with Crippen LogP contribution in [0.1, 0.15) is 20.9 Å². The molecule has 0 aliphatic carbocycles. The van der Waals surface area contributed by atoms with Crippen molar-refractivity contribution in [1.82, 2.24) is 0 Å². The van der Waals surface area contributed by atoms with Gasteiger partial charge in [-0.25, -0.2) is 0 Å². The number of nitrogens with one attached hydrogen (secondary N) is 1. The Morgan fingerprint density at radius 3 is 2.24 bits per heavy atom. The molecule has 1 N–H and O–H groups in total. The average molecular weight is 310 g/mol. The molecule has 1 nitrogen and oxygen atoms in total. The predicted octanol–water partition coefficient (Wildman–Crippen LogP) is 5.05. The second-order valence-corrected chi connectivity index (χ2v) is 6.54. The largest absolute Gasteiger partial charge is 0.380 e. The van der Waals surface area contributed by atoms with Crippen molar-refractivity contribution in [3.63, 3.8) is 0 Å². The Morgan fingerprint density at radius 1 is 1.06 bits per heavy atom. The van der Waals surface area contributed by atoms with Crippen molar-refractivity contribution in [2.45, 2.75) is 27.3 Å². The summed E-state index contributed by atoms with van der Waals surface area (Å²) in [4.78, 5) is 2.69. The van der Waals surface area contributed by atoms with E-state index >= 15 is 0 Å². The molecule has 0 saturated heterocycles. The number of hydrogen-bond acceptors (Lipinski definition) is 2. The first kappa shape index (κ1) is 12.7. The smallest absolute Gasteiger partial charge is 0.0494 e. The molecule has 1 aromatic heterocycles. The van der Waals surface area contributed by atoms with E-state index in [0.29, 0.717) is 0 Å². The number of thiophene rings is 1. The first-order valence-electron chi connectivity index (χ1n) is 5.61. The molecule has 90 valence electrons. The summed E-state index contributed by atoms with van der Waals surface area (Å²) in [5.74, 6) is 0. The number of aryl methyl sites for hydroxylation is 3. The third-order valence-corrected chi connectivity index (χ3v) is 4.73. The Labute approximate surface area is 115 Å². The van der Waals surface area contributed by atoms with Gasteiger partial charge in [0.1, 0.15) is 0 Å². The lowest BCUT2D eigenvalue weighted by molar-refractivity contribution is 1.18. The van der Waals surface area contributed by atoms with Gasteiger partial charge in [-0.1, -0.05) is 6.07 Å². The summed E-state index contributed by atoms with van der Waals surface area (Å²) >= 11 is 5.38. The van der Waals surface area contributed by atoms with Crippen molar-refractivity contribution in [2.24, 2.45) is 0 Å². The van der Waals surface area contributed by atoms with Crippen molar-refractivity contribution in [1.29, 1.82) is 0 Å². The van der Waals surface area contributed by atoms with Crippen LogP contribution in [0.3, 0.4) is 0 Å². The molecule has 2 aromatic rings. The number of anilines is 1. The lowest BCUT2D eigenvalue weighted by atomic mass is 10.1. The van der Waals surface area contributed by atoms with E-state index in [1.54, 1.807) is 0 Å². The molecule has 0 aliphatic heterocycles. The summed E-state index contributed by atoms with van der Waals surface area (Å²) in [6, 6.07) is 8.75. The van der Waals surface area contributed by atoms with Gasteiger partial charge < -0.3 is 5.32 Å². The maximum atomic E-state index is 3.55. The summed E-state index contributed by atoms with van der Waals surface area (Å²) in [6.07, 6.45) is 0. The Kier molecular flexibility index (Phi) is 3.89. The first-order valence-corrected chi connectivity index (χ1v) is 7.22. The number of hydrogen-bond donors (Lipinski definition) is 1. The fourth-order valence-electron chi connectivity index (χ4n) is 1.87. The molecule has 0 atom stereocenters. The zero-order chi connectivity index (χ0) is 12.4. The second kappa shape index (κ2) is 5.23. The Hall–Kier alpha value is -0.800. The molecule has 0 spiro atoms. The summed E-state index contributed by atoms with van der Waals surface area (Å²) in [7, 11) is 0. The number of halogens is 1. The lowest BCUT2D eigenvalue weighted by Gasteiger charge is -2.07. The molecule has 0 aliphatic rings. The zero-order valence-electron chi connectivity index (χ0n) is 10.3. The maximum absolute atomic E-state index is 3.55. The molecule has 1 heterocycles. The van der Waals surface area contributed by atoms with Gasteiger partial charge in [-0.3, -0.25) is 0 Å². The summed E-state index contributed by atoms with van der Waals surface area (Å²) < 4.78 is 1.21. The van der Waals surface area contributed by atoms with E-state index < -0.39 is 0 Å². The fraction of sp³-hybridized carbons (Fsp3) is 0.286. The van der Waals surface area contributed by atoms with Crippen LogP contribution in [-0.4, -0.2) is 0 Å². The van der Waals surface area contributed by atoms with Crippen molar-refractivity contribution >= 4 is 33.0 Å². The van der Waals surface area contributed by atoms with E-state index in [0.717, 1.165) is 6.54 Å². The molecule has 0 radical (unpaired) electrons. The minimum atomic E-state index is 0.889. The minimum absolute atomic E-state index is 0.889. The lowest BCUT2D eigenvalue weighted by Crippen LogP contribution is -1.97. The van der Waals surface area contributed by atoms with Crippen LogP contribution in [0.15, 0.2) is 28.7 Å². The van der Waals surface area contributed by atoms with Crippen molar-refractivity contribution in [3.05, 3.63) is 49.6 Å². The quantitative estimate of drug-likeness (QED) is 0.836. The molecule has 0 fully saturated rings. The molecule has 0 unspecified atom stereocenters. The molecule has 0 amide bonds. The Balaban J connectivity index is 2.07. The van der Waals surface area contributed by atoms with Gasteiger partial charge in [-0.05, 0) is 66.0 Å². The highest BCUT2D eigenvalue weighted by Gasteiger charge is 2.02. The van der Waals surface area contributed by atoms with Crippen LogP contribution in [0, 0.1) is 20.8 Å². The van der Waals surface area contributed by atoms with Gasteiger partial charge in [-0.2, -0.15) is 0 Å². The fourth-order valence-corrected chi connectivity index (χ4v) is 3.41. The third-order valence-electron chi connectivity index (χ3n) is 2.60. The van der Waals surface area contributed by atoms with Crippen LogP contribution >= 0.6 is 27.3 Å². The van der Waals surface area contributed by atoms with Crippen LogP contribution in [-0.2, 0) is 6.54 Å². The maximum Gasteiger partial charge on any atom is 0.0494 e. The van der Waals surface area contributed by atoms with Crippen molar-refractivity contribution in [2.75, 3.05) is 5.32 Å². The van der Waals surface area contributed by atoms with Crippen molar-refractivity contribution in [3.8, 4) is 0 Å². The van der Waals surface area contributed by atoms with Crippen LogP contribution in [0.5, 0.6) is 0 Å². The Bertz CT molecular complexity index is 491. The Morgan fingerprint density at radius 2 is 1.71 bits per heavy atom. The topological polar surface area (TPSA) is 12.0 Å². The van der Waals surface area contributed by atoms with E-state index in [-0.39, 0.29) is 0 Å². The molecule has 2 rings (SSSR count). The van der Waals surface area contributed by atoms with Crippen LogP contribution in [0.2, 0.25) is 0 Å². The first-order chi connectivity index (χ1) is 8.04. The highest BCUT2D eigenvalue weighted by atomic mass is 79.9. The standard InChI is InChI=1S/C14H16BrNS/c1-9-4-10(2)6-12(5-9)16-8-13-7-14(15)11(3)17-13/h4-7,16H,8H2,1-3H3. The summed E-state index contributed by atoms with van der Waals surface area (Å²) in [5.41, 5.74) is 3.80. The normalized spacial score (nSPS) is 10.6. The van der Waals surface area contributed by atoms with Gasteiger partial charge in [-0.15, -0.1) is 11.3 Å². The van der Waals surface area contributed by atoms with Gasteiger partial charge in [0.15, 0.2) is 0 Å². The molecule has 1 aromatic carbocycles. The number of benzene rings is 1. The third kappa shape index (κ3) is 3.33. The van der Waals surface area contributed by atoms with E-state index in [2.05, 4.69) is 66.3 Å².